The van der Waals surface area contributed by atoms with Crippen LogP contribution in [0, 0.1) is 5.92 Å². The van der Waals surface area contributed by atoms with Crippen molar-refractivity contribution >= 4 is 17.5 Å². The van der Waals surface area contributed by atoms with Gasteiger partial charge in [0.1, 0.15) is 5.75 Å². The third kappa shape index (κ3) is 3.56. The molecule has 2 amide bonds. The summed E-state index contributed by atoms with van der Waals surface area (Å²) in [6, 6.07) is 16.5. The molecule has 0 bridgehead atoms. The molecule has 3 rings (SSSR count). The van der Waals surface area contributed by atoms with E-state index >= 15 is 0 Å². The fourth-order valence-electron chi connectivity index (χ4n) is 2.86. The zero-order valence-corrected chi connectivity index (χ0v) is 13.6. The average Bonchev–Trinajstić information content (AvgIpc) is 3.01. The van der Waals surface area contributed by atoms with Crippen molar-refractivity contribution in [1.82, 2.24) is 5.32 Å². The number of hydrogen-bond donors (Lipinski definition) is 1. The van der Waals surface area contributed by atoms with E-state index in [9.17, 15) is 9.59 Å². The van der Waals surface area contributed by atoms with E-state index in [1.165, 1.54) is 0 Å². The number of carbonyl (C=O) groups is 2. The predicted molar refractivity (Wildman–Crippen MR) is 92.2 cm³/mol. The maximum atomic E-state index is 12.2. The van der Waals surface area contributed by atoms with Crippen LogP contribution >= 0.6 is 0 Å². The lowest BCUT2D eigenvalue weighted by Gasteiger charge is -2.17. The first kappa shape index (κ1) is 16.1. The molecular formula is C19H20N2O3. The van der Waals surface area contributed by atoms with Crippen molar-refractivity contribution in [2.45, 2.75) is 6.42 Å². The molecule has 24 heavy (non-hydrogen) atoms. The van der Waals surface area contributed by atoms with Crippen LogP contribution in [0.25, 0.3) is 0 Å². The van der Waals surface area contributed by atoms with Crippen LogP contribution in [-0.2, 0) is 4.79 Å². The second-order valence-corrected chi connectivity index (χ2v) is 5.85. The normalized spacial score (nSPS) is 17.0. The number of anilines is 1. The first-order chi connectivity index (χ1) is 11.7. The number of rotatable bonds is 5. The molecule has 2 aromatic carbocycles. The lowest BCUT2D eigenvalue weighted by molar-refractivity contribution is -0.117. The van der Waals surface area contributed by atoms with E-state index in [0.717, 1.165) is 11.4 Å². The molecule has 1 saturated heterocycles. The summed E-state index contributed by atoms with van der Waals surface area (Å²) in [7, 11) is 1.61. The number of amides is 2. The summed E-state index contributed by atoms with van der Waals surface area (Å²) in [5.74, 6) is 0.856. The summed E-state index contributed by atoms with van der Waals surface area (Å²) >= 11 is 0. The van der Waals surface area contributed by atoms with Crippen molar-refractivity contribution in [2.24, 2.45) is 5.92 Å². The van der Waals surface area contributed by atoms with Crippen LogP contribution in [0.2, 0.25) is 0 Å². The summed E-state index contributed by atoms with van der Waals surface area (Å²) in [6.45, 7) is 1.10. The quantitative estimate of drug-likeness (QED) is 0.919. The first-order valence-corrected chi connectivity index (χ1v) is 7.95. The number of benzene rings is 2. The lowest BCUT2D eigenvalue weighted by atomic mass is 10.1. The van der Waals surface area contributed by atoms with Crippen molar-refractivity contribution in [3.63, 3.8) is 0 Å². The summed E-state index contributed by atoms with van der Waals surface area (Å²) in [6.07, 6.45) is 0.446. The number of carbonyl (C=O) groups excluding carboxylic acids is 2. The molecule has 2 aromatic rings. The number of ether oxygens (including phenoxy) is 1. The van der Waals surface area contributed by atoms with Gasteiger partial charge in [-0.1, -0.05) is 18.2 Å². The van der Waals surface area contributed by atoms with Gasteiger partial charge in [0.05, 0.1) is 7.11 Å². The highest BCUT2D eigenvalue weighted by molar-refractivity contribution is 5.96. The highest BCUT2D eigenvalue weighted by Gasteiger charge is 2.30. The standard InChI is InChI=1S/C19H20N2O3/c1-24-17-9-7-16(8-10-17)21-13-14(11-18(21)22)12-20-19(23)15-5-3-2-4-6-15/h2-10,14H,11-13H2,1H3,(H,20,23). The largest absolute Gasteiger partial charge is 0.497 e. The van der Waals surface area contributed by atoms with Crippen molar-refractivity contribution in [3.05, 3.63) is 60.2 Å². The molecular weight excluding hydrogens is 304 g/mol. The van der Waals surface area contributed by atoms with Crippen LogP contribution in [0.3, 0.4) is 0 Å². The van der Waals surface area contributed by atoms with Crippen molar-refractivity contribution in [1.29, 1.82) is 0 Å². The van der Waals surface area contributed by atoms with Crippen LogP contribution in [-0.4, -0.2) is 32.0 Å². The Labute approximate surface area is 141 Å². The van der Waals surface area contributed by atoms with Gasteiger partial charge in [-0.05, 0) is 36.4 Å². The van der Waals surface area contributed by atoms with Crippen molar-refractivity contribution in [2.75, 3.05) is 25.1 Å². The molecule has 124 valence electrons. The fourth-order valence-corrected chi connectivity index (χ4v) is 2.86. The molecule has 0 saturated carbocycles. The van der Waals surface area contributed by atoms with Crippen LogP contribution in [0.15, 0.2) is 54.6 Å². The molecule has 1 N–H and O–H groups in total. The minimum atomic E-state index is -0.106. The van der Waals surface area contributed by atoms with E-state index in [2.05, 4.69) is 5.32 Å². The molecule has 0 spiro atoms. The van der Waals surface area contributed by atoms with Gasteiger partial charge in [-0.25, -0.2) is 0 Å². The van der Waals surface area contributed by atoms with Crippen molar-refractivity contribution in [3.8, 4) is 5.75 Å². The first-order valence-electron chi connectivity index (χ1n) is 7.95. The van der Waals surface area contributed by atoms with E-state index in [0.29, 0.717) is 25.1 Å². The van der Waals surface area contributed by atoms with E-state index in [1.54, 1.807) is 24.1 Å². The van der Waals surface area contributed by atoms with Gasteiger partial charge in [-0.15, -0.1) is 0 Å². The molecule has 1 atom stereocenters. The van der Waals surface area contributed by atoms with E-state index < -0.39 is 0 Å². The minimum Gasteiger partial charge on any atom is -0.497 e. The van der Waals surface area contributed by atoms with Crippen LogP contribution in [0.5, 0.6) is 5.75 Å². The molecule has 0 aliphatic carbocycles. The Kier molecular flexibility index (Phi) is 4.79. The van der Waals surface area contributed by atoms with Gasteiger partial charge in [-0.2, -0.15) is 0 Å². The molecule has 0 aromatic heterocycles. The minimum absolute atomic E-state index is 0.0825. The maximum Gasteiger partial charge on any atom is 0.251 e. The monoisotopic (exact) mass is 324 g/mol. The molecule has 1 heterocycles. The number of hydrogen-bond acceptors (Lipinski definition) is 3. The topological polar surface area (TPSA) is 58.6 Å². The van der Waals surface area contributed by atoms with Gasteiger partial charge in [0.2, 0.25) is 5.91 Å². The summed E-state index contributed by atoms with van der Waals surface area (Å²) in [5, 5.41) is 2.91. The number of nitrogens with one attached hydrogen (secondary N) is 1. The third-order valence-electron chi connectivity index (χ3n) is 4.18. The Morgan fingerprint density at radius 3 is 2.54 bits per heavy atom. The molecule has 1 aliphatic heterocycles. The molecule has 5 heteroatoms. The Bertz CT molecular complexity index is 713. The second kappa shape index (κ2) is 7.17. The summed E-state index contributed by atoms with van der Waals surface area (Å²) in [5.41, 5.74) is 1.49. The Morgan fingerprint density at radius 2 is 1.88 bits per heavy atom. The SMILES string of the molecule is COc1ccc(N2CC(CNC(=O)c3ccccc3)CC2=O)cc1. The van der Waals surface area contributed by atoms with E-state index in [4.69, 9.17) is 4.74 Å². The lowest BCUT2D eigenvalue weighted by Crippen LogP contribution is -2.31. The third-order valence-corrected chi connectivity index (χ3v) is 4.18. The van der Waals surface area contributed by atoms with Gasteiger partial charge in [0, 0.05) is 36.7 Å². The smallest absolute Gasteiger partial charge is 0.251 e. The van der Waals surface area contributed by atoms with E-state index in [1.807, 2.05) is 42.5 Å². The fraction of sp³-hybridized carbons (Fsp3) is 0.263. The molecule has 1 unspecified atom stereocenters. The molecule has 1 aliphatic rings. The Balaban J connectivity index is 1.57. The number of nitrogens with zero attached hydrogens (tertiary/aromatic N) is 1. The van der Waals surface area contributed by atoms with Gasteiger partial charge in [0.15, 0.2) is 0 Å². The zero-order valence-electron chi connectivity index (χ0n) is 13.6. The van der Waals surface area contributed by atoms with Gasteiger partial charge < -0.3 is 15.0 Å². The zero-order chi connectivity index (χ0) is 16.9. The van der Waals surface area contributed by atoms with Gasteiger partial charge in [-0.3, -0.25) is 9.59 Å². The molecule has 5 nitrogen and oxygen atoms in total. The second-order valence-electron chi connectivity index (χ2n) is 5.85. The van der Waals surface area contributed by atoms with E-state index in [-0.39, 0.29) is 17.7 Å². The summed E-state index contributed by atoms with van der Waals surface area (Å²) < 4.78 is 5.14. The predicted octanol–water partition coefficient (Wildman–Crippen LogP) is 2.48. The van der Waals surface area contributed by atoms with Gasteiger partial charge in [0.25, 0.3) is 5.91 Å². The Morgan fingerprint density at radius 1 is 1.17 bits per heavy atom. The van der Waals surface area contributed by atoms with Crippen LogP contribution in [0.4, 0.5) is 5.69 Å². The maximum absolute atomic E-state index is 12.2. The number of methoxy groups -OCH3 is 1. The highest BCUT2D eigenvalue weighted by Crippen LogP contribution is 2.26. The van der Waals surface area contributed by atoms with Gasteiger partial charge >= 0.3 is 0 Å². The van der Waals surface area contributed by atoms with Crippen molar-refractivity contribution < 1.29 is 14.3 Å². The Hall–Kier alpha value is -2.82. The van der Waals surface area contributed by atoms with Crippen LogP contribution in [0.1, 0.15) is 16.8 Å². The highest BCUT2D eigenvalue weighted by atomic mass is 16.5. The molecule has 0 radical (unpaired) electrons. The summed E-state index contributed by atoms with van der Waals surface area (Å²) in [4.78, 5) is 26.1. The van der Waals surface area contributed by atoms with Crippen LogP contribution < -0.4 is 15.0 Å². The average molecular weight is 324 g/mol. The molecule has 1 fully saturated rings.